The predicted octanol–water partition coefficient (Wildman–Crippen LogP) is 1.32. The first-order valence-electron chi connectivity index (χ1n) is 6.03. The highest BCUT2D eigenvalue weighted by Gasteiger charge is 2.29. The van der Waals surface area contributed by atoms with E-state index in [1.54, 1.807) is 6.20 Å². The second-order valence-corrected chi connectivity index (χ2v) is 6.90. The van der Waals surface area contributed by atoms with Gasteiger partial charge in [-0.1, -0.05) is 11.6 Å². The maximum Gasteiger partial charge on any atom is 0.243 e. The van der Waals surface area contributed by atoms with Gasteiger partial charge in [0.2, 0.25) is 10.0 Å². The molecule has 106 valence electrons. The van der Waals surface area contributed by atoms with Gasteiger partial charge in [-0.25, -0.2) is 13.4 Å². The lowest BCUT2D eigenvalue weighted by atomic mass is 10.3. The molecule has 0 radical (unpaired) electrons. The Morgan fingerprint density at radius 3 is 2.85 bits per heavy atom. The molecule has 0 unspecified atom stereocenters. The summed E-state index contributed by atoms with van der Waals surface area (Å²) in [4.78, 5) is 4.31. The number of rotatable bonds is 2. The Hall–Kier alpha value is -1.57. The average molecular weight is 313 g/mol. The Balaban J connectivity index is 1.95. The number of halogens is 1. The fourth-order valence-electron chi connectivity index (χ4n) is 2.19. The van der Waals surface area contributed by atoms with Crippen molar-refractivity contribution in [2.45, 2.75) is 18.0 Å². The highest BCUT2D eigenvalue weighted by Crippen LogP contribution is 2.26. The first kappa shape index (κ1) is 13.4. The number of nitrogen functional groups attached to an aromatic ring is 1. The Morgan fingerprint density at radius 1 is 1.30 bits per heavy atom. The fourth-order valence-corrected chi connectivity index (χ4v) is 3.73. The molecule has 1 aromatic carbocycles. The standard InChI is InChI=1S/C12H13ClN4O2S/c13-10-2-1-9(7-11(10)14)20(18,19)17-6-5-16-4-3-15-12(16)8-17/h1-4,7H,5-6,8,14H2. The van der Waals surface area contributed by atoms with Gasteiger partial charge in [-0.15, -0.1) is 0 Å². The molecule has 2 N–H and O–H groups in total. The summed E-state index contributed by atoms with van der Waals surface area (Å²) in [5.74, 6) is 0.738. The van der Waals surface area contributed by atoms with Gasteiger partial charge in [0.15, 0.2) is 0 Å². The van der Waals surface area contributed by atoms with Gasteiger partial charge in [0.1, 0.15) is 5.82 Å². The van der Waals surface area contributed by atoms with E-state index in [4.69, 9.17) is 17.3 Å². The lowest BCUT2D eigenvalue weighted by molar-refractivity contribution is 0.335. The summed E-state index contributed by atoms with van der Waals surface area (Å²) >= 11 is 5.82. The van der Waals surface area contributed by atoms with E-state index in [0.29, 0.717) is 18.1 Å². The minimum atomic E-state index is -3.58. The molecule has 1 aliphatic rings. The largest absolute Gasteiger partial charge is 0.397 e. The van der Waals surface area contributed by atoms with Crippen LogP contribution in [0.1, 0.15) is 5.82 Å². The van der Waals surface area contributed by atoms with Crippen molar-refractivity contribution in [3.63, 3.8) is 0 Å². The molecule has 2 heterocycles. The topological polar surface area (TPSA) is 81.2 Å². The number of hydrogen-bond acceptors (Lipinski definition) is 4. The summed E-state index contributed by atoms with van der Waals surface area (Å²) in [6, 6.07) is 4.35. The molecular weight excluding hydrogens is 300 g/mol. The Morgan fingerprint density at radius 2 is 2.10 bits per heavy atom. The van der Waals surface area contributed by atoms with Crippen molar-refractivity contribution in [3.05, 3.63) is 41.4 Å². The number of imidazole rings is 1. The Bertz CT molecular complexity index is 757. The maximum atomic E-state index is 12.6. The third-order valence-corrected chi connectivity index (χ3v) is 5.50. The van der Waals surface area contributed by atoms with E-state index in [1.807, 2.05) is 10.8 Å². The van der Waals surface area contributed by atoms with Gasteiger partial charge in [-0.2, -0.15) is 4.31 Å². The van der Waals surface area contributed by atoms with Gasteiger partial charge in [-0.05, 0) is 18.2 Å². The molecule has 1 aromatic heterocycles. The first-order valence-corrected chi connectivity index (χ1v) is 7.85. The van der Waals surface area contributed by atoms with E-state index >= 15 is 0 Å². The van der Waals surface area contributed by atoms with Crippen molar-refractivity contribution < 1.29 is 8.42 Å². The highest BCUT2D eigenvalue weighted by atomic mass is 35.5. The van der Waals surface area contributed by atoms with Crippen molar-refractivity contribution in [2.24, 2.45) is 0 Å². The number of sulfonamides is 1. The lowest BCUT2D eigenvalue weighted by Crippen LogP contribution is -2.38. The van der Waals surface area contributed by atoms with E-state index in [-0.39, 0.29) is 17.1 Å². The zero-order valence-corrected chi connectivity index (χ0v) is 12.1. The molecule has 8 heteroatoms. The van der Waals surface area contributed by atoms with Gasteiger partial charge in [0, 0.05) is 25.5 Å². The Kier molecular flexibility index (Phi) is 3.19. The van der Waals surface area contributed by atoms with Crippen LogP contribution in [-0.2, 0) is 23.1 Å². The van der Waals surface area contributed by atoms with Crippen LogP contribution in [0.3, 0.4) is 0 Å². The van der Waals surface area contributed by atoms with Crippen molar-refractivity contribution in [1.29, 1.82) is 0 Å². The van der Waals surface area contributed by atoms with E-state index in [9.17, 15) is 8.42 Å². The molecule has 2 aromatic rings. The molecule has 0 aliphatic carbocycles. The number of nitrogens with two attached hydrogens (primary N) is 1. The molecule has 0 fully saturated rings. The maximum absolute atomic E-state index is 12.6. The molecule has 0 saturated heterocycles. The average Bonchev–Trinajstić information content (AvgIpc) is 2.89. The molecule has 3 rings (SSSR count). The van der Waals surface area contributed by atoms with Crippen molar-refractivity contribution in [2.75, 3.05) is 12.3 Å². The number of nitrogens with zero attached hydrogens (tertiary/aromatic N) is 3. The summed E-state index contributed by atoms with van der Waals surface area (Å²) < 4.78 is 28.5. The van der Waals surface area contributed by atoms with Gasteiger partial charge in [0.25, 0.3) is 0 Å². The van der Waals surface area contributed by atoms with E-state index in [0.717, 1.165) is 5.82 Å². The summed E-state index contributed by atoms with van der Waals surface area (Å²) in [5.41, 5.74) is 5.93. The zero-order valence-electron chi connectivity index (χ0n) is 10.5. The second-order valence-electron chi connectivity index (χ2n) is 4.56. The number of hydrogen-bond donors (Lipinski definition) is 1. The van der Waals surface area contributed by atoms with Crippen molar-refractivity contribution >= 4 is 27.3 Å². The third-order valence-electron chi connectivity index (χ3n) is 3.32. The second kappa shape index (κ2) is 4.76. The first-order chi connectivity index (χ1) is 9.48. The van der Waals surface area contributed by atoms with E-state index in [1.165, 1.54) is 22.5 Å². The third kappa shape index (κ3) is 2.17. The molecule has 0 amide bonds. The molecule has 0 atom stereocenters. The fraction of sp³-hybridized carbons (Fsp3) is 0.250. The van der Waals surface area contributed by atoms with Gasteiger partial charge >= 0.3 is 0 Å². The van der Waals surface area contributed by atoms with Crippen LogP contribution < -0.4 is 5.73 Å². The van der Waals surface area contributed by atoms with Crippen LogP contribution in [0.5, 0.6) is 0 Å². The van der Waals surface area contributed by atoms with E-state index in [2.05, 4.69) is 4.98 Å². The number of anilines is 1. The molecular formula is C12H13ClN4O2S. The molecule has 6 nitrogen and oxygen atoms in total. The number of fused-ring (bicyclic) bond motifs is 1. The van der Waals surface area contributed by atoms with Crippen LogP contribution in [0, 0.1) is 0 Å². The quantitative estimate of drug-likeness (QED) is 0.848. The van der Waals surface area contributed by atoms with Crippen LogP contribution in [0.4, 0.5) is 5.69 Å². The summed E-state index contributed by atoms with van der Waals surface area (Å²) in [6.45, 7) is 1.27. The van der Waals surface area contributed by atoms with E-state index < -0.39 is 10.0 Å². The van der Waals surface area contributed by atoms with Crippen LogP contribution >= 0.6 is 11.6 Å². The smallest absolute Gasteiger partial charge is 0.243 e. The summed E-state index contributed by atoms with van der Waals surface area (Å²) in [5, 5.41) is 0.345. The molecule has 0 bridgehead atoms. The molecule has 20 heavy (non-hydrogen) atoms. The monoisotopic (exact) mass is 312 g/mol. The minimum Gasteiger partial charge on any atom is -0.397 e. The van der Waals surface area contributed by atoms with Crippen molar-refractivity contribution in [3.8, 4) is 0 Å². The highest BCUT2D eigenvalue weighted by molar-refractivity contribution is 7.89. The van der Waals surface area contributed by atoms with Gasteiger partial charge < -0.3 is 10.3 Å². The van der Waals surface area contributed by atoms with Gasteiger partial charge in [0.05, 0.1) is 22.2 Å². The zero-order chi connectivity index (χ0) is 14.3. The van der Waals surface area contributed by atoms with Crippen molar-refractivity contribution in [1.82, 2.24) is 13.9 Å². The minimum absolute atomic E-state index is 0.152. The summed E-state index contributed by atoms with van der Waals surface area (Å²) in [6.07, 6.45) is 3.52. The lowest BCUT2D eigenvalue weighted by Gasteiger charge is -2.27. The van der Waals surface area contributed by atoms with Crippen LogP contribution in [0.15, 0.2) is 35.5 Å². The number of aromatic nitrogens is 2. The van der Waals surface area contributed by atoms with Crippen LogP contribution in [0.2, 0.25) is 5.02 Å². The van der Waals surface area contributed by atoms with Gasteiger partial charge in [-0.3, -0.25) is 0 Å². The van der Waals surface area contributed by atoms with Crippen LogP contribution in [0.25, 0.3) is 0 Å². The summed E-state index contributed by atoms with van der Waals surface area (Å²) in [7, 11) is -3.58. The Labute approximate surface area is 121 Å². The molecule has 0 saturated carbocycles. The normalized spacial score (nSPS) is 16.1. The SMILES string of the molecule is Nc1cc(S(=O)(=O)N2CCn3ccnc3C2)ccc1Cl. The molecule has 0 spiro atoms. The molecule has 1 aliphatic heterocycles. The number of benzene rings is 1. The predicted molar refractivity (Wildman–Crippen MR) is 75.7 cm³/mol. The van der Waals surface area contributed by atoms with Crippen LogP contribution in [-0.4, -0.2) is 28.8 Å².